The Balaban J connectivity index is 3.37. The number of hydrogen-bond donors (Lipinski definition) is 2. The second kappa shape index (κ2) is 13.8. The van der Waals surface area contributed by atoms with E-state index in [2.05, 4.69) is 0 Å². The van der Waals surface area contributed by atoms with Crippen molar-refractivity contribution in [1.29, 1.82) is 0 Å². The average molecular weight is 526 g/mol. The Kier molecular flexibility index (Phi) is 11.8. The SMILES string of the molecule is CCC(C)(C)C(=O)OC(C)CC(c1ccc(OC(=O)OC(C)C)c(OC(=O)OC(C)C)c1)[C@H](N)C(=O)O. The lowest BCUT2D eigenvalue weighted by atomic mass is 9.86. The lowest BCUT2D eigenvalue weighted by molar-refractivity contribution is -0.159. The van der Waals surface area contributed by atoms with E-state index < -0.39 is 59.9 Å². The topological polar surface area (TPSA) is 161 Å². The van der Waals surface area contributed by atoms with Crippen molar-refractivity contribution >= 4 is 24.2 Å². The van der Waals surface area contributed by atoms with Gasteiger partial charge in [0.05, 0.1) is 23.7 Å². The number of aliphatic carboxylic acids is 1. The highest BCUT2D eigenvalue weighted by molar-refractivity contribution is 5.76. The van der Waals surface area contributed by atoms with Crippen molar-refractivity contribution in [3.05, 3.63) is 23.8 Å². The maximum absolute atomic E-state index is 12.5. The van der Waals surface area contributed by atoms with Crippen LogP contribution in [0.3, 0.4) is 0 Å². The van der Waals surface area contributed by atoms with Crippen LogP contribution in [-0.2, 0) is 23.8 Å². The van der Waals surface area contributed by atoms with Gasteiger partial charge in [-0.3, -0.25) is 9.59 Å². The third-order valence-corrected chi connectivity index (χ3v) is 5.50. The molecular weight excluding hydrogens is 486 g/mol. The zero-order valence-electron chi connectivity index (χ0n) is 22.7. The number of carbonyl (C=O) groups excluding carboxylic acids is 3. The summed E-state index contributed by atoms with van der Waals surface area (Å²) >= 11 is 0. The van der Waals surface area contributed by atoms with Crippen molar-refractivity contribution < 1.29 is 48.0 Å². The predicted molar refractivity (Wildman–Crippen MR) is 134 cm³/mol. The summed E-state index contributed by atoms with van der Waals surface area (Å²) in [5.74, 6) is -2.91. The fraction of sp³-hybridized carbons (Fsp3) is 0.615. The molecule has 3 atom stereocenters. The van der Waals surface area contributed by atoms with E-state index in [1.807, 2.05) is 6.92 Å². The first kappa shape index (κ1) is 31.7. The van der Waals surface area contributed by atoms with Gasteiger partial charge in [-0.2, -0.15) is 0 Å². The molecule has 2 unspecified atom stereocenters. The first-order valence-corrected chi connectivity index (χ1v) is 12.2. The first-order valence-electron chi connectivity index (χ1n) is 12.2. The van der Waals surface area contributed by atoms with Gasteiger partial charge in [-0.15, -0.1) is 0 Å². The molecule has 0 bridgehead atoms. The molecule has 0 spiro atoms. The van der Waals surface area contributed by atoms with E-state index in [-0.39, 0.29) is 17.9 Å². The monoisotopic (exact) mass is 525 g/mol. The molecule has 1 aromatic rings. The number of hydrogen-bond acceptors (Lipinski definition) is 10. The van der Waals surface area contributed by atoms with E-state index in [1.165, 1.54) is 18.2 Å². The van der Waals surface area contributed by atoms with Crippen molar-refractivity contribution in [2.75, 3.05) is 0 Å². The molecule has 1 aromatic carbocycles. The molecule has 3 N–H and O–H groups in total. The fourth-order valence-corrected chi connectivity index (χ4v) is 3.09. The number of nitrogens with two attached hydrogens (primary N) is 1. The molecule has 0 aliphatic carbocycles. The second-order valence-corrected chi connectivity index (χ2v) is 9.90. The van der Waals surface area contributed by atoms with Gasteiger partial charge in [0.1, 0.15) is 6.04 Å². The smallest absolute Gasteiger partial charge is 0.480 e. The van der Waals surface area contributed by atoms with E-state index in [0.717, 1.165) is 0 Å². The van der Waals surface area contributed by atoms with Gasteiger partial charge >= 0.3 is 24.2 Å². The molecule has 1 rings (SSSR count). The lowest BCUT2D eigenvalue weighted by Crippen LogP contribution is -2.39. The maximum atomic E-state index is 12.5. The molecule has 0 aliphatic heterocycles. The van der Waals surface area contributed by atoms with Gasteiger partial charge < -0.3 is 34.5 Å². The van der Waals surface area contributed by atoms with Crippen LogP contribution < -0.4 is 15.2 Å². The van der Waals surface area contributed by atoms with Crippen LogP contribution in [0.15, 0.2) is 18.2 Å². The van der Waals surface area contributed by atoms with Crippen LogP contribution in [-0.4, -0.2) is 53.7 Å². The Labute approximate surface area is 217 Å². The third kappa shape index (κ3) is 10.3. The molecule has 0 amide bonds. The van der Waals surface area contributed by atoms with Crippen molar-refractivity contribution in [3.8, 4) is 11.5 Å². The van der Waals surface area contributed by atoms with Crippen molar-refractivity contribution in [1.82, 2.24) is 0 Å². The van der Waals surface area contributed by atoms with Gasteiger partial charge in [0, 0.05) is 5.92 Å². The molecule has 37 heavy (non-hydrogen) atoms. The third-order valence-electron chi connectivity index (χ3n) is 5.50. The van der Waals surface area contributed by atoms with E-state index in [0.29, 0.717) is 12.0 Å². The highest BCUT2D eigenvalue weighted by Crippen LogP contribution is 2.35. The average Bonchev–Trinajstić information content (AvgIpc) is 2.76. The van der Waals surface area contributed by atoms with Crippen LogP contribution in [0.2, 0.25) is 0 Å². The van der Waals surface area contributed by atoms with E-state index in [9.17, 15) is 24.3 Å². The standard InChI is InChI=1S/C26H39NO10/c1-9-26(7,8)23(30)35-16(6)12-18(21(27)22(28)29)17-10-11-19(36-24(31)33-14(2)3)20(13-17)37-25(32)34-15(4)5/h10-11,13-16,18,21H,9,12,27H2,1-8H3,(H,28,29)/t16?,18?,21-/m0/s1. The van der Waals surface area contributed by atoms with Gasteiger partial charge in [0.2, 0.25) is 0 Å². The van der Waals surface area contributed by atoms with Crippen molar-refractivity contribution in [2.45, 2.75) is 98.5 Å². The number of carboxylic acids is 1. The molecule has 0 saturated heterocycles. The Hall–Kier alpha value is -3.34. The van der Waals surface area contributed by atoms with Gasteiger partial charge in [0.25, 0.3) is 0 Å². The van der Waals surface area contributed by atoms with Crippen molar-refractivity contribution in [3.63, 3.8) is 0 Å². The normalized spacial score (nSPS) is 13.9. The summed E-state index contributed by atoms with van der Waals surface area (Å²) < 4.78 is 26.0. The number of carboxylic acid groups (broad SMARTS) is 1. The van der Waals surface area contributed by atoms with Gasteiger partial charge in [-0.1, -0.05) is 13.0 Å². The second-order valence-electron chi connectivity index (χ2n) is 9.90. The zero-order valence-corrected chi connectivity index (χ0v) is 22.7. The van der Waals surface area contributed by atoms with Crippen molar-refractivity contribution in [2.24, 2.45) is 11.1 Å². The summed E-state index contributed by atoms with van der Waals surface area (Å²) in [5, 5.41) is 9.62. The number of carbonyl (C=O) groups is 4. The molecule has 0 aliphatic rings. The summed E-state index contributed by atoms with van der Waals surface area (Å²) in [4.78, 5) is 48.5. The quantitative estimate of drug-likeness (QED) is 0.219. The van der Waals surface area contributed by atoms with E-state index in [1.54, 1.807) is 48.5 Å². The highest BCUT2D eigenvalue weighted by atomic mass is 16.7. The van der Waals surface area contributed by atoms with Crippen LogP contribution in [0.1, 0.15) is 79.7 Å². The minimum Gasteiger partial charge on any atom is -0.480 e. The molecule has 11 heteroatoms. The first-order chi connectivity index (χ1) is 17.1. The summed E-state index contributed by atoms with van der Waals surface area (Å²) in [6.07, 6.45) is -3.08. The predicted octanol–water partition coefficient (Wildman–Crippen LogP) is 4.79. The number of esters is 1. The number of benzene rings is 1. The molecule has 0 radical (unpaired) electrons. The fourth-order valence-electron chi connectivity index (χ4n) is 3.09. The van der Waals surface area contributed by atoms with E-state index >= 15 is 0 Å². The minimum atomic E-state index is -1.38. The van der Waals surface area contributed by atoms with Gasteiger partial charge in [0.15, 0.2) is 11.5 Å². The Bertz CT molecular complexity index is 957. The van der Waals surface area contributed by atoms with Crippen LogP contribution in [0.5, 0.6) is 11.5 Å². The van der Waals surface area contributed by atoms with E-state index in [4.69, 9.17) is 29.4 Å². The van der Waals surface area contributed by atoms with Crippen LogP contribution in [0, 0.1) is 5.41 Å². The zero-order chi connectivity index (χ0) is 28.5. The van der Waals surface area contributed by atoms with Crippen LogP contribution in [0.4, 0.5) is 9.59 Å². The van der Waals surface area contributed by atoms with Gasteiger partial charge in [-0.25, -0.2) is 9.59 Å². The molecule has 0 aromatic heterocycles. The molecule has 0 heterocycles. The summed E-state index contributed by atoms with van der Waals surface area (Å²) in [6, 6.07) is 2.76. The summed E-state index contributed by atoms with van der Waals surface area (Å²) in [6.45, 7) is 13.5. The molecular formula is C26H39NO10. The minimum absolute atomic E-state index is 0.0600. The highest BCUT2D eigenvalue weighted by Gasteiger charge is 2.33. The molecule has 208 valence electrons. The maximum Gasteiger partial charge on any atom is 0.514 e. The largest absolute Gasteiger partial charge is 0.514 e. The number of ether oxygens (including phenoxy) is 5. The summed E-state index contributed by atoms with van der Waals surface area (Å²) in [7, 11) is 0. The van der Waals surface area contributed by atoms with Crippen LogP contribution >= 0.6 is 0 Å². The molecule has 0 saturated carbocycles. The molecule has 11 nitrogen and oxygen atoms in total. The Morgan fingerprint density at radius 3 is 1.86 bits per heavy atom. The Morgan fingerprint density at radius 1 is 0.892 bits per heavy atom. The molecule has 0 fully saturated rings. The Morgan fingerprint density at radius 2 is 1.41 bits per heavy atom. The summed E-state index contributed by atoms with van der Waals surface area (Å²) in [5.41, 5.74) is 5.64. The lowest BCUT2D eigenvalue weighted by Gasteiger charge is -2.28. The number of rotatable bonds is 12. The van der Waals surface area contributed by atoms with Gasteiger partial charge in [-0.05, 0) is 79.0 Å². The van der Waals surface area contributed by atoms with Crippen LogP contribution in [0.25, 0.3) is 0 Å².